The van der Waals surface area contributed by atoms with Crippen LogP contribution in [0.1, 0.15) is 52.9 Å². The molecule has 10 atom stereocenters. The molecule has 0 unspecified atom stereocenters. The first-order chi connectivity index (χ1) is 25.7. The third-order valence-corrected chi connectivity index (χ3v) is 8.18. The molecule has 0 aromatic carbocycles. The van der Waals surface area contributed by atoms with Crippen LogP contribution >= 0.6 is 0 Å². The molecule has 2 aromatic rings. The van der Waals surface area contributed by atoms with Gasteiger partial charge in [-0.15, -0.1) is 10.2 Å². The van der Waals surface area contributed by atoms with E-state index >= 15 is 0 Å². The fourth-order valence-corrected chi connectivity index (χ4v) is 6.29. The molecule has 22 nitrogen and oxygen atoms in total. The average molecular weight is 767 g/mol. The molecule has 54 heavy (non-hydrogen) atoms. The van der Waals surface area contributed by atoms with E-state index in [2.05, 4.69) is 20.6 Å². The van der Waals surface area contributed by atoms with E-state index < -0.39 is 97.2 Å². The van der Waals surface area contributed by atoms with Gasteiger partial charge in [0.05, 0.1) is 37.7 Å². The van der Waals surface area contributed by atoms with Crippen molar-refractivity contribution in [3.63, 3.8) is 0 Å². The molecule has 3 aliphatic heterocycles. The van der Waals surface area contributed by atoms with Gasteiger partial charge in [0.2, 0.25) is 0 Å². The lowest BCUT2D eigenvalue weighted by Gasteiger charge is -2.44. The van der Waals surface area contributed by atoms with Crippen LogP contribution in [0.3, 0.4) is 0 Å². The van der Waals surface area contributed by atoms with Gasteiger partial charge in [-0.1, -0.05) is 10.4 Å². The van der Waals surface area contributed by atoms with Crippen LogP contribution in [0.15, 0.2) is 12.4 Å². The molecule has 0 radical (unpaired) electrons. The molecule has 2 fully saturated rings. The van der Waals surface area contributed by atoms with Crippen molar-refractivity contribution < 1.29 is 76.1 Å². The lowest BCUT2D eigenvalue weighted by atomic mass is 9.97. The summed E-state index contributed by atoms with van der Waals surface area (Å²) in [6.45, 7) is 6.61. The Balaban J connectivity index is 1.50. The van der Waals surface area contributed by atoms with Crippen molar-refractivity contribution in [3.8, 4) is 0 Å². The standard InChI is InChI=1S/C32H42N6O16/c1-15(39)47-25-23-13-37-11-21(33-35-37)8-10-46-32-30(52-20(6)44)28(50-18(4)42)26(48-16(2)40)24(54-32)14-38-12-22(34-36-38)7-9-45-31(53-23)29(51-19(5)43)27(25)49-17(3)41/h11-12,23-32H,7-10,13-14H2,1-6H3/t23-,24-,25-,26-,27+,28+,29-,30-,31-,32+/m1/s1. The molecular formula is C32H42N6O16. The van der Waals surface area contributed by atoms with Crippen molar-refractivity contribution in [2.45, 2.75) is 129 Å². The SMILES string of the molecule is CC(=O)O[C@@H]1[C@@H](OC(C)=O)[C@@H]2OCCc3cn(nn3)C[C@H]3O[C@H](OCCc4cn(nn4)C[C@@H](O2)[C@H]1OC(C)=O)[C@H](OC(C)=O)[C@@H](OC(C)=O)[C@@H]3OC(C)=O. The Hall–Kier alpha value is -5.06. The number of ether oxygens (including phenoxy) is 10. The molecule has 2 aromatic heterocycles. The minimum Gasteiger partial charge on any atom is -0.456 e. The monoisotopic (exact) mass is 766 g/mol. The molecule has 0 spiro atoms. The van der Waals surface area contributed by atoms with Crippen molar-refractivity contribution in [1.82, 2.24) is 30.0 Å². The van der Waals surface area contributed by atoms with Crippen LogP contribution in [0.2, 0.25) is 0 Å². The molecular weight excluding hydrogens is 724 g/mol. The number of esters is 6. The second kappa shape index (κ2) is 17.8. The quantitative estimate of drug-likeness (QED) is 0.246. The zero-order valence-electron chi connectivity index (χ0n) is 30.4. The van der Waals surface area contributed by atoms with Gasteiger partial charge >= 0.3 is 35.8 Å². The first-order valence-corrected chi connectivity index (χ1v) is 17.0. The first kappa shape index (κ1) is 40.1. The Bertz CT molecular complexity index is 1560. The van der Waals surface area contributed by atoms with Crippen LogP contribution in [0.25, 0.3) is 0 Å². The number of carbonyl (C=O) groups is 6. The zero-order chi connectivity index (χ0) is 39.1. The largest absolute Gasteiger partial charge is 0.456 e. The fraction of sp³-hybridized carbons (Fsp3) is 0.688. The molecule has 3 aliphatic rings. The van der Waals surface area contributed by atoms with Crippen LogP contribution in [0.5, 0.6) is 0 Å². The van der Waals surface area contributed by atoms with E-state index in [0.29, 0.717) is 11.4 Å². The van der Waals surface area contributed by atoms with E-state index in [1.165, 1.54) is 9.36 Å². The predicted octanol–water partition coefficient (Wildman–Crippen LogP) is -1.26. The fourth-order valence-electron chi connectivity index (χ4n) is 6.29. The minimum atomic E-state index is -1.35. The van der Waals surface area contributed by atoms with Gasteiger partial charge in [0.25, 0.3) is 0 Å². The van der Waals surface area contributed by atoms with Crippen LogP contribution in [0, 0.1) is 0 Å². The van der Waals surface area contributed by atoms with Gasteiger partial charge in [-0.25, -0.2) is 9.36 Å². The Labute approximate surface area is 307 Å². The van der Waals surface area contributed by atoms with E-state index in [0.717, 1.165) is 41.5 Å². The summed E-state index contributed by atoms with van der Waals surface area (Å²) in [5.74, 6) is -4.40. The smallest absolute Gasteiger partial charge is 0.303 e. The summed E-state index contributed by atoms with van der Waals surface area (Å²) in [6.07, 6.45) is -9.19. The van der Waals surface area contributed by atoms with Gasteiger partial charge in [-0.05, 0) is 0 Å². The third kappa shape index (κ3) is 10.5. The third-order valence-electron chi connectivity index (χ3n) is 8.18. The van der Waals surface area contributed by atoms with E-state index in [1.807, 2.05) is 0 Å². The van der Waals surface area contributed by atoms with Crippen molar-refractivity contribution >= 4 is 35.8 Å². The number of rotatable bonds is 6. The molecule has 5 rings (SSSR count). The second-order valence-electron chi connectivity index (χ2n) is 12.6. The van der Waals surface area contributed by atoms with E-state index in [1.54, 1.807) is 12.4 Å². The van der Waals surface area contributed by atoms with Gasteiger partial charge in [0.15, 0.2) is 49.2 Å². The highest BCUT2D eigenvalue weighted by molar-refractivity contribution is 5.69. The van der Waals surface area contributed by atoms with Crippen LogP contribution in [0.4, 0.5) is 0 Å². The van der Waals surface area contributed by atoms with Crippen LogP contribution in [-0.4, -0.2) is 140 Å². The van der Waals surface area contributed by atoms with Crippen molar-refractivity contribution in [2.24, 2.45) is 0 Å². The summed E-state index contributed by atoms with van der Waals surface area (Å²) < 4.78 is 60.7. The number of hydrogen-bond acceptors (Lipinski definition) is 20. The van der Waals surface area contributed by atoms with Crippen LogP contribution in [-0.2, 0) is 102 Å². The Morgan fingerprint density at radius 3 is 1.17 bits per heavy atom. The van der Waals surface area contributed by atoms with Gasteiger partial charge in [-0.2, -0.15) is 0 Å². The summed E-state index contributed by atoms with van der Waals surface area (Å²) in [5, 5.41) is 16.7. The van der Waals surface area contributed by atoms with Crippen molar-refractivity contribution in [3.05, 3.63) is 23.8 Å². The molecule has 2 saturated heterocycles. The lowest BCUT2D eigenvalue weighted by molar-refractivity contribution is -0.305. The number of fused-ring (bicyclic) bond motifs is 8. The lowest BCUT2D eigenvalue weighted by Crippen LogP contribution is -2.62. The van der Waals surface area contributed by atoms with E-state index in [9.17, 15) is 28.8 Å². The van der Waals surface area contributed by atoms with E-state index in [4.69, 9.17) is 47.4 Å². The number of aromatic nitrogens is 6. The number of carbonyl (C=O) groups excluding carboxylic acids is 6. The van der Waals surface area contributed by atoms with Crippen LogP contribution < -0.4 is 0 Å². The number of nitrogens with zero attached hydrogens (tertiary/aromatic N) is 6. The van der Waals surface area contributed by atoms with Gasteiger partial charge in [-0.3, -0.25) is 28.8 Å². The molecule has 296 valence electrons. The van der Waals surface area contributed by atoms with E-state index in [-0.39, 0.29) is 39.1 Å². The first-order valence-electron chi connectivity index (χ1n) is 17.0. The summed E-state index contributed by atoms with van der Waals surface area (Å²) >= 11 is 0. The molecule has 8 bridgehead atoms. The zero-order valence-corrected chi connectivity index (χ0v) is 30.4. The topological polar surface area (TPSA) is 256 Å². The molecule has 0 saturated carbocycles. The van der Waals surface area contributed by atoms with Gasteiger partial charge in [0, 0.05) is 66.8 Å². The predicted molar refractivity (Wildman–Crippen MR) is 170 cm³/mol. The maximum Gasteiger partial charge on any atom is 0.303 e. The van der Waals surface area contributed by atoms with Gasteiger partial charge in [0.1, 0.15) is 12.2 Å². The maximum atomic E-state index is 12.3. The second-order valence-corrected chi connectivity index (χ2v) is 12.6. The molecule has 0 amide bonds. The minimum absolute atomic E-state index is 0.0726. The molecule has 0 N–H and O–H groups in total. The van der Waals surface area contributed by atoms with Gasteiger partial charge < -0.3 is 47.4 Å². The summed E-state index contributed by atoms with van der Waals surface area (Å²) in [6, 6.07) is 0. The Morgan fingerprint density at radius 2 is 0.833 bits per heavy atom. The normalized spacial score (nSPS) is 30.1. The summed E-state index contributed by atoms with van der Waals surface area (Å²) in [4.78, 5) is 73.5. The highest BCUT2D eigenvalue weighted by Crippen LogP contribution is 2.32. The Morgan fingerprint density at radius 1 is 0.519 bits per heavy atom. The average Bonchev–Trinajstić information content (AvgIpc) is 3.71. The van der Waals surface area contributed by atoms with Crippen molar-refractivity contribution in [2.75, 3.05) is 13.2 Å². The molecule has 22 heteroatoms. The summed E-state index contributed by atoms with van der Waals surface area (Å²) in [7, 11) is 0. The maximum absolute atomic E-state index is 12.3. The highest BCUT2D eigenvalue weighted by atomic mass is 16.7. The highest BCUT2D eigenvalue weighted by Gasteiger charge is 2.54. The van der Waals surface area contributed by atoms with Crippen molar-refractivity contribution in [1.29, 1.82) is 0 Å². The Kier molecular flexibility index (Phi) is 13.3. The number of hydrogen-bond donors (Lipinski definition) is 0. The summed E-state index contributed by atoms with van der Waals surface area (Å²) in [5.41, 5.74) is 0.847. The molecule has 5 heterocycles. The molecule has 0 aliphatic carbocycles.